The Morgan fingerprint density at radius 1 is 0.831 bits per heavy atom. The van der Waals surface area contributed by atoms with Gasteiger partial charge in [0.1, 0.15) is 48.3 Å². The lowest BCUT2D eigenvalue weighted by atomic mass is 9.87. The van der Waals surface area contributed by atoms with Crippen molar-refractivity contribution < 1.29 is 34.1 Å². The van der Waals surface area contributed by atoms with Crippen molar-refractivity contribution in [1.82, 2.24) is 25.1 Å². The molecule has 0 bridgehead atoms. The van der Waals surface area contributed by atoms with E-state index in [4.69, 9.17) is 41.1 Å². The zero-order chi connectivity index (χ0) is 59.9. The minimum absolute atomic E-state index is 0.250. The number of hydrogen-bond donors (Lipinski definition) is 6. The number of aliphatic hydroxyl groups excluding tert-OH is 2. The molecule has 2 aromatic carbocycles. The summed E-state index contributed by atoms with van der Waals surface area (Å²) in [6, 6.07) is 8.69. The smallest absolute Gasteiger partial charge is 0.204 e. The molecule has 2 saturated carbocycles. The molecule has 2 atom stereocenters. The third-order valence-corrected chi connectivity index (χ3v) is 13.8. The first-order valence-corrected chi connectivity index (χ1v) is 28.7. The van der Waals surface area contributed by atoms with E-state index in [9.17, 15) is 9.59 Å². The average molecular weight is 1100 g/mol. The number of aldehydes is 2. The highest BCUT2D eigenvalue weighted by atomic mass is 35.5. The number of aromatic nitrogens is 2. The van der Waals surface area contributed by atoms with Crippen molar-refractivity contribution in [1.29, 1.82) is 0 Å². The Kier molecular flexibility index (Phi) is 42.7. The van der Waals surface area contributed by atoms with Crippen LogP contribution in [0, 0.1) is 22.7 Å². The van der Waals surface area contributed by atoms with Crippen LogP contribution in [0.4, 0.5) is 0 Å². The average Bonchev–Trinajstić information content (AvgIpc) is 4.34. The maximum absolute atomic E-state index is 9.77. The van der Waals surface area contributed by atoms with Crippen LogP contribution < -0.4 is 26.3 Å². The number of imidazole rings is 1. The summed E-state index contributed by atoms with van der Waals surface area (Å²) in [5.41, 5.74) is 19.6. The van der Waals surface area contributed by atoms with Gasteiger partial charge >= 0.3 is 0 Å². The fraction of sp³-hybridized carbons (Fsp3) is 0.645. The number of nitrogens with zero attached hydrogens (tertiary/aromatic N) is 3. The Morgan fingerprint density at radius 2 is 1.29 bits per heavy atom. The van der Waals surface area contributed by atoms with Crippen molar-refractivity contribution in [2.45, 2.75) is 194 Å². The highest BCUT2D eigenvalue weighted by Gasteiger charge is 2.38. The van der Waals surface area contributed by atoms with E-state index in [0.29, 0.717) is 41.5 Å². The van der Waals surface area contributed by atoms with E-state index in [-0.39, 0.29) is 6.41 Å². The van der Waals surface area contributed by atoms with Gasteiger partial charge in [-0.1, -0.05) is 134 Å². The molecule has 4 aliphatic rings. The second-order valence-electron chi connectivity index (χ2n) is 20.1. The van der Waals surface area contributed by atoms with E-state index in [2.05, 4.69) is 132 Å². The van der Waals surface area contributed by atoms with Crippen molar-refractivity contribution in [3.8, 4) is 33.9 Å². The van der Waals surface area contributed by atoms with Crippen LogP contribution in [-0.4, -0.2) is 97.4 Å². The molecule has 14 nitrogen and oxygen atoms in total. The number of hydrogen-bond acceptors (Lipinski definition) is 12. The van der Waals surface area contributed by atoms with Crippen molar-refractivity contribution in [2.24, 2.45) is 34.1 Å². The van der Waals surface area contributed by atoms with Crippen molar-refractivity contribution >= 4 is 36.3 Å². The largest absolute Gasteiger partial charge is 0.516 e. The minimum Gasteiger partial charge on any atom is -0.516 e. The molecule has 2 aliphatic heterocycles. The second kappa shape index (κ2) is 43.0. The lowest BCUT2D eigenvalue weighted by Crippen LogP contribution is -2.25. The zero-order valence-electron chi connectivity index (χ0n) is 51.8. The number of carbonyl (C=O) groups is 3. The quantitative estimate of drug-likeness (QED) is 0.0399. The first-order chi connectivity index (χ1) is 36.8. The highest BCUT2D eigenvalue weighted by Crippen LogP contribution is 2.51. The van der Waals surface area contributed by atoms with E-state index < -0.39 is 0 Å². The number of aliphatic hydroxyl groups is 2. The molecule has 442 valence electrons. The van der Waals surface area contributed by atoms with Crippen LogP contribution in [-0.2, 0) is 34.1 Å². The zero-order valence-corrected chi connectivity index (χ0v) is 52.6. The monoisotopic (exact) mass is 1100 g/mol. The van der Waals surface area contributed by atoms with Gasteiger partial charge in [-0.15, -0.1) is 0 Å². The molecular formula is C62H110ClN7O7. The number of benzene rings is 2. The summed E-state index contributed by atoms with van der Waals surface area (Å²) in [5.74, 6) is 4.27. The van der Waals surface area contributed by atoms with Crippen LogP contribution in [0.5, 0.6) is 11.5 Å². The molecule has 15 heteroatoms. The molecule has 3 heterocycles. The van der Waals surface area contributed by atoms with Crippen molar-refractivity contribution in [3.63, 3.8) is 0 Å². The van der Waals surface area contributed by atoms with Crippen LogP contribution in [0.25, 0.3) is 28.1 Å². The number of halogens is 1. The van der Waals surface area contributed by atoms with Gasteiger partial charge in [0.15, 0.2) is 0 Å². The molecule has 1 aromatic heterocycles. The fourth-order valence-corrected chi connectivity index (χ4v) is 7.95. The van der Waals surface area contributed by atoms with Crippen LogP contribution in [0.3, 0.4) is 0 Å². The van der Waals surface area contributed by atoms with E-state index in [1.165, 1.54) is 39.2 Å². The van der Waals surface area contributed by atoms with E-state index in [1.54, 1.807) is 13.0 Å². The molecule has 3 aromatic rings. The van der Waals surface area contributed by atoms with Crippen molar-refractivity contribution in [2.75, 3.05) is 48.4 Å². The van der Waals surface area contributed by atoms with Gasteiger partial charge in [-0.05, 0) is 106 Å². The Bertz CT molecular complexity index is 2040. The first-order valence-electron chi connectivity index (χ1n) is 28.3. The molecule has 8 N–H and O–H groups in total. The number of amides is 1. The maximum atomic E-state index is 9.77. The Hall–Kier alpha value is -4.89. The van der Waals surface area contributed by atoms with Gasteiger partial charge in [0.05, 0.1) is 24.2 Å². The van der Waals surface area contributed by atoms with Crippen LogP contribution in [0.1, 0.15) is 202 Å². The summed E-state index contributed by atoms with van der Waals surface area (Å²) in [5, 5.41) is 18.7. The molecule has 2 fully saturated rings. The van der Waals surface area contributed by atoms with Crippen LogP contribution in [0.2, 0.25) is 0 Å². The summed E-state index contributed by atoms with van der Waals surface area (Å²) in [6.45, 7) is 35.4. The number of nitrogens with two attached hydrogens (primary N) is 2. The molecule has 7 rings (SSSR count). The third-order valence-electron chi connectivity index (χ3n) is 13.3. The second-order valence-corrected chi connectivity index (χ2v) is 20.5. The normalized spacial score (nSPS) is 14.5. The lowest BCUT2D eigenvalue weighted by Gasteiger charge is -2.31. The van der Waals surface area contributed by atoms with Gasteiger partial charge in [0.2, 0.25) is 6.41 Å². The highest BCUT2D eigenvalue weighted by molar-refractivity contribution is 6.32. The van der Waals surface area contributed by atoms with Gasteiger partial charge < -0.3 is 55.9 Å². The summed E-state index contributed by atoms with van der Waals surface area (Å²) in [7, 11) is 8.62. The molecule has 2 unspecified atom stereocenters. The van der Waals surface area contributed by atoms with Gasteiger partial charge in [-0.2, -0.15) is 0 Å². The topological polar surface area (TPSA) is 209 Å². The number of H-pyrrole nitrogens is 1. The van der Waals surface area contributed by atoms with Gasteiger partial charge in [0, 0.05) is 86.2 Å². The predicted molar refractivity (Wildman–Crippen MR) is 327 cm³/mol. The first kappa shape index (κ1) is 76.3. The maximum Gasteiger partial charge on any atom is 0.204 e. The Labute approximate surface area is 473 Å². The molecule has 0 spiro atoms. The van der Waals surface area contributed by atoms with Crippen LogP contribution >= 0.6 is 11.6 Å². The number of primary amides is 1. The van der Waals surface area contributed by atoms with Crippen molar-refractivity contribution in [3.05, 3.63) is 70.0 Å². The molecule has 2 aliphatic carbocycles. The number of ether oxygens (including phenoxy) is 2. The third kappa shape index (κ3) is 27.5. The number of nitrogens with one attached hydrogen (secondary N) is 2. The number of allylic oxidation sites excluding steroid dienone is 1. The molecular weight excluding hydrogens is 990 g/mol. The van der Waals surface area contributed by atoms with E-state index >= 15 is 0 Å². The fourth-order valence-electron chi connectivity index (χ4n) is 7.67. The van der Waals surface area contributed by atoms with E-state index in [0.717, 1.165) is 151 Å². The SMILES string of the molecule is C/C=C\O.CC.CC.CCC(C)CC=O.CCC(C)CC=O.CCC1(C)CC1.CCCN(C)/C(Cl)=C(\NC)c1cc2c3c(c1)OCc1cc(-c4nc(CN(C)CC5(C)CC5)[nH]c4C(C)C)cc(c1-3)OC2.CN.CO.NC=O. The molecule has 1 amide bonds. The predicted octanol–water partition coefficient (Wildman–Crippen LogP) is 14.2. The van der Waals surface area contributed by atoms with Crippen LogP contribution in [0.15, 0.2) is 41.8 Å². The molecule has 77 heavy (non-hydrogen) atoms. The number of aromatic amines is 1. The number of rotatable bonds is 18. The van der Waals surface area contributed by atoms with E-state index in [1.807, 2.05) is 41.8 Å². The lowest BCUT2D eigenvalue weighted by molar-refractivity contribution is -0.109. The standard InChI is InChI=1S/C34H44ClN5O2.2C6H12O.C6H12.C3H6O.2C2H6.CH3NO.CH5N.CH4O/c1-8-11-40(7)33(35)32(36-5)22-13-24-18-41-25-14-21(12-23-17-42-26(15-22)29(24)28(23)25)31-30(20(2)3)37-27(38-31)16-39(6)19-34(4)9-10-34;2*1-3-6(2)4-5-7;1-3-6(2)4-5-6;1-2-3-4;2*1-2;2-1-3;2*1-2/h12-15,20,36H,8-11,16-19H2,1-7H3,(H,37,38);2*5-6H,3-4H2,1-2H3;3-5H2,1-2H3;2-4H,1H3;2*1-2H3;1H,(H2,2,3);2H2,1H3;2H,1H3/b33-32-;;;;3-2-;;;;;. The number of carbonyl (C=O) groups excluding carboxylic acids is 3. The Balaban J connectivity index is -0.00000127. The summed E-state index contributed by atoms with van der Waals surface area (Å²) < 4.78 is 12.9. The Morgan fingerprint density at radius 3 is 1.64 bits per heavy atom. The van der Waals surface area contributed by atoms with Gasteiger partial charge in [-0.25, -0.2) is 4.98 Å². The summed E-state index contributed by atoms with van der Waals surface area (Å²) in [4.78, 5) is 41.4. The summed E-state index contributed by atoms with van der Waals surface area (Å²) >= 11 is 6.81. The van der Waals surface area contributed by atoms with Gasteiger partial charge in [0.25, 0.3) is 0 Å². The molecule has 0 saturated heterocycles. The van der Waals surface area contributed by atoms with Gasteiger partial charge in [-0.3, -0.25) is 9.69 Å². The molecule has 0 radical (unpaired) electrons. The minimum atomic E-state index is 0.250. The summed E-state index contributed by atoms with van der Waals surface area (Å²) in [6.07, 6.45) is 16.4.